The van der Waals surface area contributed by atoms with E-state index in [4.69, 9.17) is 16.3 Å². The highest BCUT2D eigenvalue weighted by Crippen LogP contribution is 2.18. The van der Waals surface area contributed by atoms with Crippen LogP contribution >= 0.6 is 27.5 Å². The first-order chi connectivity index (χ1) is 9.47. The summed E-state index contributed by atoms with van der Waals surface area (Å²) in [5, 5.41) is 2.77. The lowest BCUT2D eigenvalue weighted by Crippen LogP contribution is -2.14. The summed E-state index contributed by atoms with van der Waals surface area (Å²) in [5.41, 5.74) is 1.47. The molecule has 2 rings (SSSR count). The largest absolute Gasteiger partial charge is 0.481 e. The summed E-state index contributed by atoms with van der Waals surface area (Å²) in [6.07, 6.45) is 0. The monoisotopic (exact) mass is 355 g/mol. The minimum absolute atomic E-state index is 0.0944. The second kappa shape index (κ2) is 6.19. The molecule has 1 aromatic heterocycles. The number of amides is 1. The average Bonchev–Trinajstić information content (AvgIpc) is 2.36. The molecule has 1 N–H and O–H groups in total. The highest BCUT2D eigenvalue weighted by atomic mass is 79.9. The fraction of sp³-hybridized carbons (Fsp3) is 0.154. The van der Waals surface area contributed by atoms with Crippen LogP contribution in [0.25, 0.3) is 0 Å². The molecule has 0 saturated carbocycles. The minimum Gasteiger partial charge on any atom is -0.481 e. The Morgan fingerprint density at radius 1 is 1.30 bits per heavy atom. The predicted octanol–water partition coefficient (Wildman–Crippen LogP) is 3.46. The topological polar surface area (TPSA) is 64.1 Å². The fourth-order valence-electron chi connectivity index (χ4n) is 1.60. The number of halogens is 2. The molecular formula is C13H11BrClN3O2. The van der Waals surface area contributed by atoms with Crippen LogP contribution in [0.2, 0.25) is 5.15 Å². The number of nitrogens with one attached hydrogen (secondary N) is 1. The maximum absolute atomic E-state index is 12.1. The van der Waals surface area contributed by atoms with E-state index >= 15 is 0 Å². The van der Waals surface area contributed by atoms with Gasteiger partial charge in [0.25, 0.3) is 5.91 Å². The summed E-state index contributed by atoms with van der Waals surface area (Å²) in [5.74, 6) is 0.0569. The lowest BCUT2D eigenvalue weighted by atomic mass is 10.1. The minimum atomic E-state index is -0.321. The van der Waals surface area contributed by atoms with Crippen LogP contribution in [0.15, 0.2) is 28.7 Å². The lowest BCUT2D eigenvalue weighted by molar-refractivity contribution is 0.102. The summed E-state index contributed by atoms with van der Waals surface area (Å²) in [7, 11) is 1.46. The van der Waals surface area contributed by atoms with Crippen LogP contribution in [0.5, 0.6) is 5.88 Å². The molecule has 0 aliphatic carbocycles. The summed E-state index contributed by atoms with van der Waals surface area (Å²) >= 11 is 9.17. The van der Waals surface area contributed by atoms with Gasteiger partial charge in [0, 0.05) is 16.1 Å². The van der Waals surface area contributed by atoms with E-state index in [1.54, 1.807) is 12.1 Å². The molecule has 0 radical (unpaired) electrons. The van der Waals surface area contributed by atoms with Crippen molar-refractivity contribution in [1.82, 2.24) is 9.97 Å². The SMILES string of the molecule is COc1cc(Cl)nc(NC(=O)c2cc(C)cc(Br)c2)n1. The molecule has 5 nitrogen and oxygen atoms in total. The van der Waals surface area contributed by atoms with E-state index in [0.717, 1.165) is 10.0 Å². The average molecular weight is 357 g/mol. The Morgan fingerprint density at radius 2 is 2.05 bits per heavy atom. The number of hydrogen-bond donors (Lipinski definition) is 1. The van der Waals surface area contributed by atoms with Gasteiger partial charge in [0.2, 0.25) is 11.8 Å². The second-order valence-electron chi connectivity index (χ2n) is 4.03. The first kappa shape index (κ1) is 14.7. The van der Waals surface area contributed by atoms with Gasteiger partial charge in [0.1, 0.15) is 5.15 Å². The zero-order chi connectivity index (χ0) is 14.7. The van der Waals surface area contributed by atoms with Crippen molar-refractivity contribution in [3.05, 3.63) is 45.0 Å². The number of ether oxygens (including phenoxy) is 1. The number of carbonyl (C=O) groups is 1. The van der Waals surface area contributed by atoms with E-state index in [1.165, 1.54) is 13.2 Å². The van der Waals surface area contributed by atoms with Gasteiger partial charge in [0.05, 0.1) is 7.11 Å². The van der Waals surface area contributed by atoms with E-state index < -0.39 is 0 Å². The normalized spacial score (nSPS) is 10.2. The number of nitrogens with zero attached hydrogens (tertiary/aromatic N) is 2. The summed E-state index contributed by atoms with van der Waals surface area (Å²) in [6, 6.07) is 6.85. The molecule has 0 unspecified atom stereocenters. The van der Waals surface area contributed by atoms with E-state index in [1.807, 2.05) is 13.0 Å². The molecule has 0 atom stereocenters. The molecule has 0 spiro atoms. The molecule has 0 saturated heterocycles. The van der Waals surface area contributed by atoms with Crippen LogP contribution in [0, 0.1) is 6.92 Å². The third-order valence-corrected chi connectivity index (χ3v) is 3.06. The molecular weight excluding hydrogens is 346 g/mol. The van der Waals surface area contributed by atoms with Crippen molar-refractivity contribution in [2.45, 2.75) is 6.92 Å². The summed E-state index contributed by atoms with van der Waals surface area (Å²) in [6.45, 7) is 1.90. The molecule has 0 fully saturated rings. The Morgan fingerprint density at radius 3 is 2.70 bits per heavy atom. The zero-order valence-electron chi connectivity index (χ0n) is 10.8. The molecule has 1 amide bonds. The van der Waals surface area contributed by atoms with Crippen LogP contribution in [0.4, 0.5) is 5.95 Å². The van der Waals surface area contributed by atoms with Crippen molar-refractivity contribution in [2.75, 3.05) is 12.4 Å². The molecule has 0 aliphatic rings. The van der Waals surface area contributed by atoms with Gasteiger partial charge in [-0.05, 0) is 30.7 Å². The Balaban J connectivity index is 2.25. The zero-order valence-corrected chi connectivity index (χ0v) is 13.1. The standard InChI is InChI=1S/C13H11BrClN3O2/c1-7-3-8(5-9(14)4-7)12(19)18-13-16-10(15)6-11(17-13)20-2/h3-6H,1-2H3,(H,16,17,18,19). The molecule has 1 heterocycles. The van der Waals surface area contributed by atoms with E-state index in [9.17, 15) is 4.79 Å². The van der Waals surface area contributed by atoms with Crippen LogP contribution in [-0.4, -0.2) is 23.0 Å². The second-order valence-corrected chi connectivity index (χ2v) is 5.33. The van der Waals surface area contributed by atoms with Gasteiger partial charge in [-0.3, -0.25) is 10.1 Å². The van der Waals surface area contributed by atoms with E-state index in [0.29, 0.717) is 5.56 Å². The van der Waals surface area contributed by atoms with Crippen molar-refractivity contribution in [3.63, 3.8) is 0 Å². The Bertz CT molecular complexity index is 644. The number of aromatic nitrogens is 2. The Hall–Kier alpha value is -1.66. The fourth-order valence-corrected chi connectivity index (χ4v) is 2.38. The lowest BCUT2D eigenvalue weighted by Gasteiger charge is -2.07. The highest BCUT2D eigenvalue weighted by molar-refractivity contribution is 9.10. The smallest absolute Gasteiger partial charge is 0.258 e. The number of anilines is 1. The summed E-state index contributed by atoms with van der Waals surface area (Å²) < 4.78 is 5.79. The molecule has 0 bridgehead atoms. The summed E-state index contributed by atoms with van der Waals surface area (Å²) in [4.78, 5) is 20.1. The van der Waals surface area contributed by atoms with Gasteiger partial charge in [-0.25, -0.2) is 4.98 Å². The number of benzene rings is 1. The van der Waals surface area contributed by atoms with Crippen molar-refractivity contribution >= 4 is 39.4 Å². The third-order valence-electron chi connectivity index (χ3n) is 2.41. The molecule has 1 aromatic carbocycles. The predicted molar refractivity (Wildman–Crippen MR) is 80.4 cm³/mol. The number of aryl methyl sites for hydroxylation is 1. The number of hydrogen-bond acceptors (Lipinski definition) is 4. The van der Waals surface area contributed by atoms with Gasteiger partial charge < -0.3 is 4.74 Å². The molecule has 2 aromatic rings. The molecule has 0 aliphatic heterocycles. The quantitative estimate of drug-likeness (QED) is 0.855. The van der Waals surface area contributed by atoms with Crippen LogP contribution in [0.3, 0.4) is 0 Å². The Kier molecular flexibility index (Phi) is 4.57. The van der Waals surface area contributed by atoms with Crippen LogP contribution in [0.1, 0.15) is 15.9 Å². The first-order valence-corrected chi connectivity index (χ1v) is 6.82. The molecule has 20 heavy (non-hydrogen) atoms. The Labute approximate surface area is 129 Å². The number of rotatable bonds is 3. The van der Waals surface area contributed by atoms with Crippen molar-refractivity contribution in [3.8, 4) is 5.88 Å². The molecule has 7 heteroatoms. The number of carbonyl (C=O) groups excluding carboxylic acids is 1. The van der Waals surface area contributed by atoms with E-state index in [2.05, 4.69) is 31.2 Å². The maximum Gasteiger partial charge on any atom is 0.258 e. The van der Waals surface area contributed by atoms with Gasteiger partial charge in [0.15, 0.2) is 0 Å². The van der Waals surface area contributed by atoms with Crippen molar-refractivity contribution < 1.29 is 9.53 Å². The molecule has 104 valence electrons. The number of methoxy groups -OCH3 is 1. The third kappa shape index (κ3) is 3.68. The van der Waals surface area contributed by atoms with E-state index in [-0.39, 0.29) is 22.9 Å². The maximum atomic E-state index is 12.1. The van der Waals surface area contributed by atoms with Gasteiger partial charge in [-0.2, -0.15) is 4.98 Å². The highest BCUT2D eigenvalue weighted by Gasteiger charge is 2.11. The van der Waals surface area contributed by atoms with Crippen LogP contribution in [-0.2, 0) is 0 Å². The van der Waals surface area contributed by atoms with Crippen molar-refractivity contribution in [1.29, 1.82) is 0 Å². The van der Waals surface area contributed by atoms with Gasteiger partial charge in [-0.15, -0.1) is 0 Å². The van der Waals surface area contributed by atoms with Crippen molar-refractivity contribution in [2.24, 2.45) is 0 Å². The van der Waals surface area contributed by atoms with Gasteiger partial charge in [-0.1, -0.05) is 27.5 Å². The van der Waals surface area contributed by atoms with Crippen LogP contribution < -0.4 is 10.1 Å². The first-order valence-electron chi connectivity index (χ1n) is 5.65. The van der Waals surface area contributed by atoms with Gasteiger partial charge >= 0.3 is 0 Å².